The number of carbonyl (C=O) groups excluding carboxylic acids is 3. The number of nitrogens with one attached hydrogen (secondary N) is 1. The van der Waals surface area contributed by atoms with Crippen molar-refractivity contribution in [1.82, 2.24) is 5.32 Å². The van der Waals surface area contributed by atoms with Crippen LogP contribution in [0.4, 0.5) is 10.5 Å². The van der Waals surface area contributed by atoms with E-state index in [2.05, 4.69) is 5.32 Å². The van der Waals surface area contributed by atoms with Crippen molar-refractivity contribution in [2.24, 2.45) is 0 Å². The number of carbonyl (C=O) groups is 3. The van der Waals surface area contributed by atoms with Crippen LogP contribution < -0.4 is 24.4 Å². The quantitative estimate of drug-likeness (QED) is 0.189. The van der Waals surface area contributed by atoms with Gasteiger partial charge in [0.15, 0.2) is 11.5 Å². The van der Waals surface area contributed by atoms with Crippen molar-refractivity contribution in [2.45, 2.75) is 20.8 Å². The third-order valence-electron chi connectivity index (χ3n) is 5.81. The molecule has 1 heterocycles. The van der Waals surface area contributed by atoms with Crippen molar-refractivity contribution in [3.05, 3.63) is 86.9 Å². The van der Waals surface area contributed by atoms with Gasteiger partial charge in [-0.05, 0) is 79.9 Å². The molecule has 0 radical (unpaired) electrons. The van der Waals surface area contributed by atoms with Crippen LogP contribution in [0.3, 0.4) is 0 Å². The monoisotopic (exact) mass is 568 g/mol. The van der Waals surface area contributed by atoms with E-state index in [-0.39, 0.29) is 29.5 Å². The summed E-state index contributed by atoms with van der Waals surface area (Å²) < 4.78 is 17.5. The van der Waals surface area contributed by atoms with Crippen LogP contribution in [-0.2, 0) is 9.59 Å². The first-order valence-corrected chi connectivity index (χ1v) is 12.9. The normalized spacial score (nSPS) is 14.4. The summed E-state index contributed by atoms with van der Waals surface area (Å²) in [5.74, 6) is -0.167. The SMILES string of the molecule is CCOc1cc(C=C2C(=O)NC(=O)N(c3ccc(Cl)cc3)C2=O)cc(Cl)c1OCCOc1c(C)cccc1C. The molecule has 0 saturated carbocycles. The molecule has 0 atom stereocenters. The van der Waals surface area contributed by atoms with Gasteiger partial charge in [-0.1, -0.05) is 41.4 Å². The molecular formula is C29H26Cl2N2O6. The molecule has 0 spiro atoms. The summed E-state index contributed by atoms with van der Waals surface area (Å²) in [5, 5.41) is 2.84. The average Bonchev–Trinajstić information content (AvgIpc) is 2.88. The van der Waals surface area contributed by atoms with Gasteiger partial charge in [-0.25, -0.2) is 9.69 Å². The second-order valence-electron chi connectivity index (χ2n) is 8.62. The van der Waals surface area contributed by atoms with Crippen LogP contribution in [0.15, 0.2) is 60.2 Å². The molecule has 1 saturated heterocycles. The number of benzene rings is 3. The summed E-state index contributed by atoms with van der Waals surface area (Å²) in [6, 6.07) is 14.3. The number of barbiturate groups is 1. The van der Waals surface area contributed by atoms with Gasteiger partial charge in [0, 0.05) is 5.02 Å². The average molecular weight is 569 g/mol. The summed E-state index contributed by atoms with van der Waals surface area (Å²) in [6.07, 6.45) is 1.34. The van der Waals surface area contributed by atoms with Crippen molar-refractivity contribution in [3.63, 3.8) is 0 Å². The summed E-state index contributed by atoms with van der Waals surface area (Å²) in [6.45, 7) is 6.56. The largest absolute Gasteiger partial charge is 0.490 e. The molecule has 10 heteroatoms. The van der Waals surface area contributed by atoms with E-state index in [0.29, 0.717) is 28.7 Å². The van der Waals surface area contributed by atoms with Gasteiger partial charge < -0.3 is 14.2 Å². The first-order chi connectivity index (χ1) is 18.7. The Hall–Kier alpha value is -4.01. The maximum absolute atomic E-state index is 13.2. The predicted octanol–water partition coefficient (Wildman–Crippen LogP) is 6.13. The van der Waals surface area contributed by atoms with Crippen LogP contribution in [-0.4, -0.2) is 37.7 Å². The molecule has 8 nitrogen and oxygen atoms in total. The molecule has 0 aromatic heterocycles. The fraction of sp³-hybridized carbons (Fsp3) is 0.207. The molecule has 1 fully saturated rings. The van der Waals surface area contributed by atoms with Crippen molar-refractivity contribution < 1.29 is 28.6 Å². The Morgan fingerprint density at radius 3 is 2.15 bits per heavy atom. The fourth-order valence-electron chi connectivity index (χ4n) is 4.04. The Balaban J connectivity index is 1.55. The minimum atomic E-state index is -0.857. The molecule has 1 N–H and O–H groups in total. The minimum absolute atomic E-state index is 0.201. The maximum atomic E-state index is 13.2. The van der Waals surface area contributed by atoms with Gasteiger partial charge in [-0.3, -0.25) is 14.9 Å². The lowest BCUT2D eigenvalue weighted by molar-refractivity contribution is -0.122. The van der Waals surface area contributed by atoms with E-state index in [1.807, 2.05) is 32.0 Å². The molecule has 39 heavy (non-hydrogen) atoms. The lowest BCUT2D eigenvalue weighted by Gasteiger charge is -2.26. The molecule has 1 aliphatic rings. The lowest BCUT2D eigenvalue weighted by atomic mass is 10.1. The molecule has 3 aromatic carbocycles. The molecule has 0 bridgehead atoms. The zero-order valence-electron chi connectivity index (χ0n) is 21.5. The van der Waals surface area contributed by atoms with Gasteiger partial charge in [0.1, 0.15) is 24.5 Å². The number of urea groups is 1. The van der Waals surface area contributed by atoms with Crippen LogP contribution >= 0.6 is 23.2 Å². The first-order valence-electron chi connectivity index (χ1n) is 12.1. The van der Waals surface area contributed by atoms with E-state index in [0.717, 1.165) is 21.8 Å². The number of rotatable bonds is 9. The van der Waals surface area contributed by atoms with E-state index in [9.17, 15) is 14.4 Å². The number of aryl methyl sites for hydroxylation is 2. The second kappa shape index (κ2) is 12.2. The Bertz CT molecular complexity index is 1430. The van der Waals surface area contributed by atoms with E-state index in [1.165, 1.54) is 30.3 Å². The zero-order valence-corrected chi connectivity index (χ0v) is 23.1. The van der Waals surface area contributed by atoms with Gasteiger partial charge in [0.05, 0.1) is 17.3 Å². The van der Waals surface area contributed by atoms with Crippen LogP contribution in [0.25, 0.3) is 6.08 Å². The summed E-state index contributed by atoms with van der Waals surface area (Å²) in [4.78, 5) is 39.1. The van der Waals surface area contributed by atoms with Gasteiger partial charge >= 0.3 is 6.03 Å². The third-order valence-corrected chi connectivity index (χ3v) is 6.35. The topological polar surface area (TPSA) is 94.2 Å². The number of nitrogens with zero attached hydrogens (tertiary/aromatic N) is 1. The number of hydrogen-bond donors (Lipinski definition) is 1. The predicted molar refractivity (Wildman–Crippen MR) is 150 cm³/mol. The Morgan fingerprint density at radius 2 is 1.51 bits per heavy atom. The Kier molecular flexibility index (Phi) is 8.79. The van der Waals surface area contributed by atoms with Crippen LogP contribution in [0.1, 0.15) is 23.6 Å². The lowest BCUT2D eigenvalue weighted by Crippen LogP contribution is -2.54. The zero-order chi connectivity index (χ0) is 28.1. The van der Waals surface area contributed by atoms with E-state index in [1.54, 1.807) is 19.1 Å². The molecule has 1 aliphatic heterocycles. The third kappa shape index (κ3) is 6.35. The Labute approximate surface area is 236 Å². The highest BCUT2D eigenvalue weighted by molar-refractivity contribution is 6.39. The van der Waals surface area contributed by atoms with E-state index < -0.39 is 17.8 Å². The van der Waals surface area contributed by atoms with Crippen molar-refractivity contribution in [1.29, 1.82) is 0 Å². The van der Waals surface area contributed by atoms with Gasteiger partial charge in [-0.15, -0.1) is 0 Å². The van der Waals surface area contributed by atoms with Gasteiger partial charge in [0.2, 0.25) is 0 Å². The van der Waals surface area contributed by atoms with E-state index in [4.69, 9.17) is 37.4 Å². The summed E-state index contributed by atoms with van der Waals surface area (Å²) >= 11 is 12.5. The van der Waals surface area contributed by atoms with Crippen LogP contribution in [0.5, 0.6) is 17.2 Å². The standard InChI is InChI=1S/C29H26Cl2N2O6/c1-4-37-24-16-19(15-23(31)26(24)39-13-12-38-25-17(2)6-5-7-18(25)3)14-22-27(34)32-29(36)33(28(22)35)21-10-8-20(30)9-11-21/h5-11,14-16H,4,12-13H2,1-3H3,(H,32,34,36). The molecule has 3 aromatic rings. The second-order valence-corrected chi connectivity index (χ2v) is 9.46. The number of anilines is 1. The first kappa shape index (κ1) is 28.0. The summed E-state index contributed by atoms with van der Waals surface area (Å²) in [5.41, 5.74) is 2.47. The fourth-order valence-corrected chi connectivity index (χ4v) is 4.44. The van der Waals surface area contributed by atoms with Crippen molar-refractivity contribution >= 4 is 52.8 Å². The highest BCUT2D eigenvalue weighted by Crippen LogP contribution is 2.38. The molecule has 202 valence electrons. The molecule has 4 rings (SSSR count). The van der Waals surface area contributed by atoms with Crippen molar-refractivity contribution in [3.8, 4) is 17.2 Å². The minimum Gasteiger partial charge on any atom is -0.490 e. The van der Waals surface area contributed by atoms with E-state index >= 15 is 0 Å². The molecule has 4 amide bonds. The smallest absolute Gasteiger partial charge is 0.335 e. The molecular weight excluding hydrogens is 543 g/mol. The number of ether oxygens (including phenoxy) is 3. The van der Waals surface area contributed by atoms with Crippen molar-refractivity contribution in [2.75, 3.05) is 24.7 Å². The molecule has 0 aliphatic carbocycles. The number of amides is 4. The summed E-state index contributed by atoms with van der Waals surface area (Å²) in [7, 11) is 0. The highest BCUT2D eigenvalue weighted by atomic mass is 35.5. The van der Waals surface area contributed by atoms with Crippen LogP contribution in [0.2, 0.25) is 10.0 Å². The van der Waals surface area contributed by atoms with Gasteiger partial charge in [-0.2, -0.15) is 0 Å². The number of imide groups is 2. The van der Waals surface area contributed by atoms with Gasteiger partial charge in [0.25, 0.3) is 11.8 Å². The van der Waals surface area contributed by atoms with Crippen LogP contribution in [0, 0.1) is 13.8 Å². The number of para-hydroxylation sites is 1. The number of hydrogen-bond acceptors (Lipinski definition) is 6. The highest BCUT2D eigenvalue weighted by Gasteiger charge is 2.36. The number of halogens is 2. The Morgan fingerprint density at radius 1 is 0.872 bits per heavy atom. The molecule has 0 unspecified atom stereocenters. The maximum Gasteiger partial charge on any atom is 0.335 e.